The second-order valence-electron chi connectivity index (χ2n) is 8.23. The predicted octanol–water partition coefficient (Wildman–Crippen LogP) is 7.55. The fraction of sp³-hybridized carbons (Fsp3) is 0.407. The van der Waals surface area contributed by atoms with Crippen LogP contribution in [0.3, 0.4) is 0 Å². The highest BCUT2D eigenvalue weighted by atomic mass is 16.5. The average Bonchev–Trinajstić information content (AvgIpc) is 2.72. The van der Waals surface area contributed by atoms with E-state index in [1.165, 1.54) is 26.2 Å². The Morgan fingerprint density at radius 3 is 2.50 bits per heavy atom. The topological polar surface area (TPSA) is 50.2 Å². The van der Waals surface area contributed by atoms with Crippen LogP contribution >= 0.6 is 0 Å². The fourth-order valence-corrected chi connectivity index (χ4v) is 2.99. The summed E-state index contributed by atoms with van der Waals surface area (Å²) in [6.07, 6.45) is 11.8. The average molecular weight is 408 g/mol. The number of rotatable bonds is 10. The van der Waals surface area contributed by atoms with Crippen molar-refractivity contribution in [2.75, 3.05) is 6.61 Å². The zero-order valence-corrected chi connectivity index (χ0v) is 19.2. The Morgan fingerprint density at radius 2 is 1.80 bits per heavy atom. The van der Waals surface area contributed by atoms with Gasteiger partial charge in [0.15, 0.2) is 0 Å². The van der Waals surface area contributed by atoms with Crippen LogP contribution < -0.4 is 4.74 Å². The number of unbranched alkanes of at least 4 members (excludes halogenated alkanes) is 1. The van der Waals surface area contributed by atoms with Crippen LogP contribution in [0.25, 0.3) is 10.8 Å². The molecule has 0 heterocycles. The zero-order valence-electron chi connectivity index (χ0n) is 19.2. The van der Waals surface area contributed by atoms with Crippen LogP contribution in [0, 0.1) is 10.8 Å². The summed E-state index contributed by atoms with van der Waals surface area (Å²) in [6.45, 7) is 10.7. The third-order valence-electron chi connectivity index (χ3n) is 5.10. The molecule has 0 aliphatic rings. The van der Waals surface area contributed by atoms with Gasteiger partial charge in [-0.05, 0) is 61.6 Å². The summed E-state index contributed by atoms with van der Waals surface area (Å²) >= 11 is 0. The number of carbonyl (C=O) groups excluding carboxylic acids is 1. The molecule has 0 amide bonds. The standard InChI is InChI=1S/C25H33NO.C2H4O/c1-5-25(3,4)17-10-6-7-12-20(2)18-22(26)19-27-24-16-11-14-21-13-8-9-15-23(21)24;1-2-3/h7-9,11-16,18,26H,5-6,10,17,19H2,1-4H3;2H,1H3/b12-7+,20-18-,26-22?;. The van der Waals surface area contributed by atoms with Gasteiger partial charge < -0.3 is 14.9 Å². The Labute approximate surface area is 182 Å². The first kappa shape index (κ1) is 25.4. The van der Waals surface area contributed by atoms with Gasteiger partial charge in [0, 0.05) is 5.39 Å². The van der Waals surface area contributed by atoms with E-state index in [0.29, 0.717) is 11.1 Å². The second-order valence-corrected chi connectivity index (χ2v) is 8.23. The van der Waals surface area contributed by atoms with E-state index >= 15 is 0 Å². The molecule has 0 unspecified atom stereocenters. The Kier molecular flexibility index (Phi) is 11.4. The maximum atomic E-state index is 8.81. The molecule has 0 aliphatic heterocycles. The van der Waals surface area contributed by atoms with E-state index in [9.17, 15) is 0 Å². The molecule has 3 heteroatoms. The smallest absolute Gasteiger partial charge is 0.130 e. The summed E-state index contributed by atoms with van der Waals surface area (Å²) in [5.74, 6) is 0.831. The molecule has 2 rings (SSSR count). The van der Waals surface area contributed by atoms with Gasteiger partial charge in [-0.15, -0.1) is 0 Å². The molecule has 162 valence electrons. The van der Waals surface area contributed by atoms with Crippen molar-refractivity contribution >= 4 is 22.8 Å². The van der Waals surface area contributed by atoms with Gasteiger partial charge >= 0.3 is 0 Å². The summed E-state index contributed by atoms with van der Waals surface area (Å²) in [6, 6.07) is 14.2. The van der Waals surface area contributed by atoms with Gasteiger partial charge in [-0.25, -0.2) is 0 Å². The van der Waals surface area contributed by atoms with Crippen molar-refractivity contribution in [3.05, 3.63) is 66.3 Å². The summed E-state index contributed by atoms with van der Waals surface area (Å²) in [4.78, 5) is 8.81. The van der Waals surface area contributed by atoms with Gasteiger partial charge in [-0.1, -0.05) is 75.7 Å². The van der Waals surface area contributed by atoms with Crippen LogP contribution in [-0.2, 0) is 4.79 Å². The van der Waals surface area contributed by atoms with E-state index in [0.717, 1.165) is 34.8 Å². The van der Waals surface area contributed by atoms with E-state index in [1.807, 2.05) is 37.3 Å². The van der Waals surface area contributed by atoms with E-state index in [2.05, 4.69) is 51.1 Å². The van der Waals surface area contributed by atoms with Gasteiger partial charge in [-0.2, -0.15) is 0 Å². The van der Waals surface area contributed by atoms with Crippen molar-refractivity contribution in [2.24, 2.45) is 5.41 Å². The molecule has 30 heavy (non-hydrogen) atoms. The maximum Gasteiger partial charge on any atom is 0.130 e. The Hall–Kier alpha value is -2.68. The third-order valence-corrected chi connectivity index (χ3v) is 5.10. The van der Waals surface area contributed by atoms with Crippen molar-refractivity contribution in [2.45, 2.75) is 60.3 Å². The van der Waals surface area contributed by atoms with Crippen LogP contribution in [-0.4, -0.2) is 18.6 Å². The minimum absolute atomic E-state index is 0.282. The number of allylic oxidation sites excluding steroid dienone is 3. The highest BCUT2D eigenvalue weighted by molar-refractivity contribution is 5.95. The number of aldehydes is 1. The Balaban J connectivity index is 0.00000141. The van der Waals surface area contributed by atoms with Crippen molar-refractivity contribution in [3.8, 4) is 5.75 Å². The molecule has 2 aromatic carbocycles. The lowest BCUT2D eigenvalue weighted by Gasteiger charge is -2.21. The Morgan fingerprint density at radius 1 is 1.13 bits per heavy atom. The van der Waals surface area contributed by atoms with Crippen LogP contribution in [0.15, 0.2) is 66.3 Å². The predicted molar refractivity (Wildman–Crippen MR) is 130 cm³/mol. The minimum Gasteiger partial charge on any atom is -0.487 e. The van der Waals surface area contributed by atoms with E-state index < -0.39 is 0 Å². The summed E-state index contributed by atoms with van der Waals surface area (Å²) < 4.78 is 5.88. The lowest BCUT2D eigenvalue weighted by molar-refractivity contribution is -0.106. The number of fused-ring (bicyclic) bond motifs is 1. The summed E-state index contributed by atoms with van der Waals surface area (Å²) in [5, 5.41) is 10.4. The van der Waals surface area contributed by atoms with Crippen LogP contribution in [0.2, 0.25) is 0 Å². The Bertz CT molecular complexity index is 857. The molecule has 0 aliphatic carbocycles. The van der Waals surface area contributed by atoms with Crippen molar-refractivity contribution in [1.82, 2.24) is 0 Å². The molecule has 0 fully saturated rings. The third kappa shape index (κ3) is 9.69. The van der Waals surface area contributed by atoms with Gasteiger partial charge in [0.1, 0.15) is 18.6 Å². The maximum absolute atomic E-state index is 8.81. The van der Waals surface area contributed by atoms with Gasteiger partial charge in [0.05, 0.1) is 5.71 Å². The van der Waals surface area contributed by atoms with E-state index in [1.54, 1.807) is 0 Å². The summed E-state index contributed by atoms with van der Waals surface area (Å²) in [5.41, 5.74) is 2.02. The number of nitrogens with one attached hydrogen (secondary N) is 1. The molecule has 0 atom stereocenters. The van der Waals surface area contributed by atoms with Crippen molar-refractivity contribution < 1.29 is 9.53 Å². The number of carbonyl (C=O) groups is 1. The number of ether oxygens (including phenoxy) is 1. The van der Waals surface area contributed by atoms with Crippen molar-refractivity contribution in [1.29, 1.82) is 5.41 Å². The van der Waals surface area contributed by atoms with E-state index in [4.69, 9.17) is 14.9 Å². The number of hydrogen-bond acceptors (Lipinski definition) is 3. The first-order valence-electron chi connectivity index (χ1n) is 10.8. The fourth-order valence-electron chi connectivity index (χ4n) is 2.99. The van der Waals surface area contributed by atoms with Gasteiger partial charge in [-0.3, -0.25) is 0 Å². The number of benzene rings is 2. The molecule has 0 saturated carbocycles. The molecule has 3 nitrogen and oxygen atoms in total. The molecular formula is C27H37NO2. The van der Waals surface area contributed by atoms with Crippen LogP contribution in [0.1, 0.15) is 60.3 Å². The van der Waals surface area contributed by atoms with Crippen LogP contribution in [0.5, 0.6) is 5.75 Å². The highest BCUT2D eigenvalue weighted by Gasteiger charge is 2.13. The summed E-state index contributed by atoms with van der Waals surface area (Å²) in [7, 11) is 0. The lowest BCUT2D eigenvalue weighted by Crippen LogP contribution is -2.08. The molecule has 0 radical (unpaired) electrons. The molecule has 0 saturated heterocycles. The van der Waals surface area contributed by atoms with Gasteiger partial charge in [0.2, 0.25) is 0 Å². The molecule has 2 aromatic rings. The van der Waals surface area contributed by atoms with E-state index in [-0.39, 0.29) is 6.61 Å². The molecule has 1 N–H and O–H groups in total. The van der Waals surface area contributed by atoms with Crippen molar-refractivity contribution in [3.63, 3.8) is 0 Å². The monoisotopic (exact) mass is 407 g/mol. The quantitative estimate of drug-likeness (QED) is 0.191. The largest absolute Gasteiger partial charge is 0.487 e. The SMILES string of the molecule is CC=O.CCC(C)(C)CCC/C=C/C(C)=C\C(=N)COc1cccc2ccccc12. The lowest BCUT2D eigenvalue weighted by atomic mass is 9.85. The van der Waals surface area contributed by atoms with Crippen LogP contribution in [0.4, 0.5) is 0 Å². The molecular weight excluding hydrogens is 370 g/mol. The number of hydrogen-bond donors (Lipinski definition) is 1. The minimum atomic E-state index is 0.282. The highest BCUT2D eigenvalue weighted by Crippen LogP contribution is 2.27. The first-order valence-corrected chi connectivity index (χ1v) is 10.8. The molecule has 0 aromatic heterocycles. The zero-order chi connectivity index (χ0) is 22.4. The molecule has 0 spiro atoms. The second kappa shape index (κ2) is 13.5. The first-order chi connectivity index (χ1) is 14.3. The normalized spacial score (nSPS) is 11.8. The molecule has 0 bridgehead atoms. The van der Waals surface area contributed by atoms with Gasteiger partial charge in [0.25, 0.3) is 0 Å².